The van der Waals surface area contributed by atoms with Gasteiger partial charge in [-0.05, 0) is 42.0 Å². The minimum atomic E-state index is 0.695. The van der Waals surface area contributed by atoms with E-state index in [0.29, 0.717) is 5.56 Å². The summed E-state index contributed by atoms with van der Waals surface area (Å²) in [6, 6.07) is 18.0. The van der Waals surface area contributed by atoms with Crippen LogP contribution in [0.4, 0.5) is 0 Å². The molecule has 0 spiro atoms. The van der Waals surface area contributed by atoms with Gasteiger partial charge in [0, 0.05) is 23.6 Å². The van der Waals surface area contributed by atoms with Crippen molar-refractivity contribution >= 4 is 10.9 Å². The van der Waals surface area contributed by atoms with Crippen LogP contribution in [0, 0.1) is 11.3 Å². The molecule has 2 aromatic carbocycles. The fourth-order valence-electron chi connectivity index (χ4n) is 2.38. The average molecular weight is 262 g/mol. The van der Waals surface area contributed by atoms with Crippen LogP contribution in [0.5, 0.6) is 5.75 Å². The van der Waals surface area contributed by atoms with Crippen molar-refractivity contribution < 1.29 is 4.74 Å². The van der Waals surface area contributed by atoms with Crippen molar-refractivity contribution in [2.45, 2.75) is 6.54 Å². The topological polar surface area (TPSA) is 38.0 Å². The number of ether oxygens (including phenoxy) is 1. The van der Waals surface area contributed by atoms with E-state index in [1.165, 1.54) is 0 Å². The molecule has 20 heavy (non-hydrogen) atoms. The summed E-state index contributed by atoms with van der Waals surface area (Å²) in [6.45, 7) is 0.755. The molecule has 0 fully saturated rings. The molecule has 0 N–H and O–H groups in total. The van der Waals surface area contributed by atoms with Crippen LogP contribution in [0.3, 0.4) is 0 Å². The van der Waals surface area contributed by atoms with Gasteiger partial charge in [-0.15, -0.1) is 0 Å². The second-order valence-electron chi connectivity index (χ2n) is 4.68. The summed E-state index contributed by atoms with van der Waals surface area (Å²) in [5.74, 6) is 0.863. The highest BCUT2D eigenvalue weighted by atomic mass is 16.5. The molecule has 0 aliphatic rings. The van der Waals surface area contributed by atoms with Gasteiger partial charge in [-0.3, -0.25) is 0 Å². The molecule has 0 unspecified atom stereocenters. The Morgan fingerprint density at radius 3 is 2.85 bits per heavy atom. The Morgan fingerprint density at radius 2 is 2.05 bits per heavy atom. The minimum Gasteiger partial charge on any atom is -0.497 e. The highest BCUT2D eigenvalue weighted by molar-refractivity contribution is 5.81. The maximum Gasteiger partial charge on any atom is 0.119 e. The van der Waals surface area contributed by atoms with E-state index in [2.05, 4.69) is 29.0 Å². The van der Waals surface area contributed by atoms with Crippen molar-refractivity contribution in [3.8, 4) is 11.8 Å². The molecular weight excluding hydrogens is 248 g/mol. The zero-order chi connectivity index (χ0) is 13.9. The van der Waals surface area contributed by atoms with Gasteiger partial charge in [0.15, 0.2) is 0 Å². The zero-order valence-electron chi connectivity index (χ0n) is 11.2. The monoisotopic (exact) mass is 262 g/mol. The highest BCUT2D eigenvalue weighted by Crippen LogP contribution is 2.22. The van der Waals surface area contributed by atoms with E-state index in [-0.39, 0.29) is 0 Å². The SMILES string of the molecule is COc1ccc2c(ccn2Cc2cccc(C#N)c2)c1. The van der Waals surface area contributed by atoms with Crippen molar-refractivity contribution in [2.75, 3.05) is 7.11 Å². The first-order valence-electron chi connectivity index (χ1n) is 6.42. The molecule has 3 heteroatoms. The smallest absolute Gasteiger partial charge is 0.119 e. The Balaban J connectivity index is 1.96. The number of rotatable bonds is 3. The predicted molar refractivity (Wildman–Crippen MR) is 78.7 cm³/mol. The van der Waals surface area contributed by atoms with Crippen LogP contribution in [0.15, 0.2) is 54.7 Å². The van der Waals surface area contributed by atoms with E-state index < -0.39 is 0 Å². The maximum absolute atomic E-state index is 8.95. The Labute approximate surface area is 117 Å². The van der Waals surface area contributed by atoms with Crippen LogP contribution >= 0.6 is 0 Å². The largest absolute Gasteiger partial charge is 0.497 e. The third kappa shape index (κ3) is 2.24. The molecule has 0 radical (unpaired) electrons. The first-order valence-corrected chi connectivity index (χ1v) is 6.42. The Kier molecular flexibility index (Phi) is 3.14. The summed E-state index contributed by atoms with van der Waals surface area (Å²) >= 11 is 0. The van der Waals surface area contributed by atoms with Gasteiger partial charge in [0.05, 0.1) is 18.7 Å². The number of benzene rings is 2. The lowest BCUT2D eigenvalue weighted by Gasteiger charge is -2.07. The van der Waals surface area contributed by atoms with Crippen LogP contribution in [0.25, 0.3) is 10.9 Å². The van der Waals surface area contributed by atoms with Gasteiger partial charge in [-0.25, -0.2) is 0 Å². The van der Waals surface area contributed by atoms with E-state index in [1.807, 2.05) is 36.4 Å². The molecule has 0 amide bonds. The first-order chi connectivity index (χ1) is 9.80. The second-order valence-corrected chi connectivity index (χ2v) is 4.68. The molecule has 1 heterocycles. The molecule has 3 aromatic rings. The number of hydrogen-bond donors (Lipinski definition) is 0. The molecule has 98 valence electrons. The molecule has 3 nitrogen and oxygen atoms in total. The van der Waals surface area contributed by atoms with Crippen LogP contribution < -0.4 is 4.74 Å². The summed E-state index contributed by atoms with van der Waals surface area (Å²) in [4.78, 5) is 0. The van der Waals surface area contributed by atoms with Crippen molar-refractivity contribution in [3.63, 3.8) is 0 Å². The Morgan fingerprint density at radius 1 is 1.15 bits per heavy atom. The highest BCUT2D eigenvalue weighted by Gasteiger charge is 2.04. The number of hydrogen-bond acceptors (Lipinski definition) is 2. The molecule has 0 saturated heterocycles. The third-order valence-electron chi connectivity index (χ3n) is 3.39. The van der Waals surface area contributed by atoms with Gasteiger partial charge in [0.2, 0.25) is 0 Å². The third-order valence-corrected chi connectivity index (χ3v) is 3.39. The number of nitrogens with zero attached hydrogens (tertiary/aromatic N) is 2. The van der Waals surface area contributed by atoms with Gasteiger partial charge in [-0.2, -0.15) is 5.26 Å². The van der Waals surface area contributed by atoms with Crippen LogP contribution in [-0.2, 0) is 6.54 Å². The lowest BCUT2D eigenvalue weighted by Crippen LogP contribution is -1.98. The predicted octanol–water partition coefficient (Wildman–Crippen LogP) is 3.57. The normalized spacial score (nSPS) is 10.4. The van der Waals surface area contributed by atoms with Crippen molar-refractivity contribution in [1.29, 1.82) is 5.26 Å². The Hall–Kier alpha value is -2.73. The van der Waals surface area contributed by atoms with E-state index in [1.54, 1.807) is 7.11 Å². The van der Waals surface area contributed by atoms with Gasteiger partial charge in [0.25, 0.3) is 0 Å². The minimum absolute atomic E-state index is 0.695. The van der Waals surface area contributed by atoms with E-state index in [0.717, 1.165) is 28.8 Å². The average Bonchev–Trinajstić information content (AvgIpc) is 2.89. The van der Waals surface area contributed by atoms with E-state index in [4.69, 9.17) is 10.00 Å². The zero-order valence-corrected chi connectivity index (χ0v) is 11.2. The standard InChI is InChI=1S/C17H14N2O/c1-20-16-5-6-17-15(10-16)7-8-19(17)12-14-4-2-3-13(9-14)11-18/h2-10H,12H2,1H3. The lowest BCUT2D eigenvalue weighted by atomic mass is 10.1. The number of nitriles is 1. The van der Waals surface area contributed by atoms with Crippen molar-refractivity contribution in [3.05, 3.63) is 65.9 Å². The summed E-state index contributed by atoms with van der Waals surface area (Å²) in [7, 11) is 1.67. The molecule has 0 atom stereocenters. The fourth-order valence-corrected chi connectivity index (χ4v) is 2.38. The molecule has 3 rings (SSSR count). The molecule has 1 aromatic heterocycles. The fraction of sp³-hybridized carbons (Fsp3) is 0.118. The lowest BCUT2D eigenvalue weighted by molar-refractivity contribution is 0.415. The molecule has 0 saturated carbocycles. The molecule has 0 bridgehead atoms. The van der Waals surface area contributed by atoms with Crippen molar-refractivity contribution in [1.82, 2.24) is 4.57 Å². The molecular formula is C17H14N2O. The summed E-state index contributed by atoms with van der Waals surface area (Å²) < 4.78 is 7.41. The number of fused-ring (bicyclic) bond motifs is 1. The van der Waals surface area contributed by atoms with Gasteiger partial charge < -0.3 is 9.30 Å². The van der Waals surface area contributed by atoms with Gasteiger partial charge >= 0.3 is 0 Å². The van der Waals surface area contributed by atoms with E-state index >= 15 is 0 Å². The number of aromatic nitrogens is 1. The van der Waals surface area contributed by atoms with Gasteiger partial charge in [0.1, 0.15) is 5.75 Å². The molecule has 0 aliphatic carbocycles. The second kappa shape index (κ2) is 5.10. The van der Waals surface area contributed by atoms with Crippen LogP contribution in [-0.4, -0.2) is 11.7 Å². The van der Waals surface area contributed by atoms with Crippen molar-refractivity contribution in [2.24, 2.45) is 0 Å². The first kappa shape index (κ1) is 12.3. The maximum atomic E-state index is 8.95. The summed E-state index contributed by atoms with van der Waals surface area (Å²) in [6.07, 6.45) is 2.06. The Bertz CT molecular complexity index is 796. The molecule has 0 aliphatic heterocycles. The van der Waals surface area contributed by atoms with E-state index in [9.17, 15) is 0 Å². The van der Waals surface area contributed by atoms with Gasteiger partial charge in [-0.1, -0.05) is 12.1 Å². The number of methoxy groups -OCH3 is 1. The summed E-state index contributed by atoms with van der Waals surface area (Å²) in [5.41, 5.74) is 2.98. The van der Waals surface area contributed by atoms with Crippen LogP contribution in [0.1, 0.15) is 11.1 Å². The summed E-state index contributed by atoms with van der Waals surface area (Å²) in [5, 5.41) is 10.1. The van der Waals surface area contributed by atoms with Crippen LogP contribution in [0.2, 0.25) is 0 Å². The quantitative estimate of drug-likeness (QED) is 0.723.